The maximum atomic E-state index is 13.3. The molecule has 1 atom stereocenters. The molecule has 0 N–H and O–H groups in total. The molecule has 0 radical (unpaired) electrons. The van der Waals surface area contributed by atoms with E-state index < -0.39 is 12.9 Å². The van der Waals surface area contributed by atoms with Crippen LogP contribution in [0.4, 0.5) is 28.6 Å². The fourth-order valence-corrected chi connectivity index (χ4v) is 5.35. The van der Waals surface area contributed by atoms with Crippen LogP contribution in [0.25, 0.3) is 0 Å². The predicted molar refractivity (Wildman–Crippen MR) is 144 cm³/mol. The van der Waals surface area contributed by atoms with Crippen LogP contribution >= 0.6 is 0 Å². The van der Waals surface area contributed by atoms with Gasteiger partial charge in [0.1, 0.15) is 31.2 Å². The van der Waals surface area contributed by atoms with Gasteiger partial charge in [-0.2, -0.15) is 0 Å². The van der Waals surface area contributed by atoms with Crippen molar-refractivity contribution in [3.05, 3.63) is 78.4 Å². The van der Waals surface area contributed by atoms with Gasteiger partial charge in [0.25, 0.3) is 0 Å². The van der Waals surface area contributed by atoms with Crippen LogP contribution in [0.2, 0.25) is 0 Å². The highest BCUT2D eigenvalue weighted by molar-refractivity contribution is 6.50. The Hall–Kier alpha value is -3.83. The van der Waals surface area contributed by atoms with Crippen LogP contribution in [0.5, 0.6) is 0 Å². The first-order valence-corrected chi connectivity index (χ1v) is 13.3. The van der Waals surface area contributed by atoms with Gasteiger partial charge < -0.3 is 26.9 Å². The molecule has 3 aromatic rings. The molecule has 0 aliphatic carbocycles. The summed E-state index contributed by atoms with van der Waals surface area (Å²) in [5, 5.41) is 0. The van der Waals surface area contributed by atoms with E-state index in [1.165, 1.54) is 0 Å². The summed E-state index contributed by atoms with van der Waals surface area (Å²) < 4.78 is 48.5. The van der Waals surface area contributed by atoms with E-state index in [0.717, 1.165) is 36.3 Å². The fraction of sp³-hybridized carbons (Fsp3) is 0.393. The van der Waals surface area contributed by atoms with Gasteiger partial charge in [-0.25, -0.2) is 13.9 Å². The molecule has 1 unspecified atom stereocenters. The van der Waals surface area contributed by atoms with Crippen molar-refractivity contribution in [1.29, 1.82) is 0 Å². The lowest BCUT2D eigenvalue weighted by atomic mass is 9.94. The van der Waals surface area contributed by atoms with E-state index in [4.69, 9.17) is 4.74 Å². The summed E-state index contributed by atoms with van der Waals surface area (Å²) in [7, 11) is -4.05. The number of aromatic nitrogens is 2. The summed E-state index contributed by atoms with van der Waals surface area (Å²) in [6.07, 6.45) is 8.04. The number of hydrogen-bond acceptors (Lipinski definition) is 4. The molecule has 1 aromatic heterocycles. The quantitative estimate of drug-likeness (QED) is 0.162. The number of nitrogens with zero attached hydrogens (tertiary/aromatic N) is 4. The SMILES string of the molecule is CC(C)CCN1c2ccc(C(=O)OCCn3cc[n+](C)c3)cc2N2C(=O)CCC12c1ccccc1.F[B-](F)(F)F. The minimum Gasteiger partial charge on any atom is -0.458 e. The molecule has 2 aromatic carbocycles. The molecular weight excluding hydrogens is 527 g/mol. The topological polar surface area (TPSA) is 58.7 Å². The number of halogens is 4. The molecule has 12 heteroatoms. The van der Waals surface area contributed by atoms with Crippen LogP contribution in [-0.4, -0.2) is 36.8 Å². The number of amides is 1. The second-order valence-electron chi connectivity index (χ2n) is 10.4. The molecule has 0 spiro atoms. The highest BCUT2D eigenvalue weighted by atomic mass is 19.5. The van der Waals surface area contributed by atoms with Gasteiger partial charge in [0.15, 0.2) is 0 Å². The number of carbonyl (C=O) groups is 2. The third-order valence-electron chi connectivity index (χ3n) is 7.07. The zero-order valence-corrected chi connectivity index (χ0v) is 22.8. The molecule has 1 fully saturated rings. The van der Waals surface area contributed by atoms with E-state index in [1.807, 2.05) is 76.2 Å². The number of anilines is 2. The molecular formula is C28H33BF4N4O3. The van der Waals surface area contributed by atoms with Gasteiger partial charge in [-0.15, -0.1) is 0 Å². The Morgan fingerprint density at radius 1 is 1.07 bits per heavy atom. The molecule has 5 rings (SSSR count). The monoisotopic (exact) mass is 560 g/mol. The van der Waals surface area contributed by atoms with Crippen molar-refractivity contribution in [3.8, 4) is 0 Å². The van der Waals surface area contributed by atoms with Crippen molar-refractivity contribution >= 4 is 30.5 Å². The highest BCUT2D eigenvalue weighted by Gasteiger charge is 2.57. The molecule has 2 aliphatic heterocycles. The van der Waals surface area contributed by atoms with Gasteiger partial charge in [0.05, 0.1) is 24.0 Å². The van der Waals surface area contributed by atoms with E-state index in [2.05, 4.69) is 30.9 Å². The Kier molecular flexibility index (Phi) is 8.55. The summed E-state index contributed by atoms with van der Waals surface area (Å²) >= 11 is 0. The Morgan fingerprint density at radius 3 is 2.40 bits per heavy atom. The second kappa shape index (κ2) is 11.7. The molecule has 214 valence electrons. The molecule has 0 saturated carbocycles. The summed E-state index contributed by atoms with van der Waals surface area (Å²) in [5.74, 6) is 0.254. The zero-order chi connectivity index (χ0) is 29.1. The van der Waals surface area contributed by atoms with Crippen LogP contribution in [0.1, 0.15) is 49.0 Å². The van der Waals surface area contributed by atoms with Gasteiger partial charge >= 0.3 is 13.2 Å². The van der Waals surface area contributed by atoms with Gasteiger partial charge in [-0.3, -0.25) is 9.69 Å². The maximum absolute atomic E-state index is 13.3. The van der Waals surface area contributed by atoms with Gasteiger partial charge in [0, 0.05) is 19.4 Å². The Bertz CT molecular complexity index is 1340. The number of fused-ring (bicyclic) bond motifs is 3. The predicted octanol–water partition coefficient (Wildman–Crippen LogP) is 5.32. The molecule has 1 amide bonds. The first kappa shape index (κ1) is 29.2. The van der Waals surface area contributed by atoms with E-state index in [-0.39, 0.29) is 18.5 Å². The number of imidazole rings is 1. The smallest absolute Gasteiger partial charge is 0.458 e. The minimum atomic E-state index is -6.00. The number of rotatable bonds is 8. The number of esters is 1. The van der Waals surface area contributed by atoms with Crippen molar-refractivity contribution in [2.24, 2.45) is 13.0 Å². The van der Waals surface area contributed by atoms with Crippen molar-refractivity contribution in [3.63, 3.8) is 0 Å². The van der Waals surface area contributed by atoms with E-state index in [0.29, 0.717) is 24.4 Å². The van der Waals surface area contributed by atoms with E-state index >= 15 is 0 Å². The fourth-order valence-electron chi connectivity index (χ4n) is 5.35. The Balaban J connectivity index is 0.000000681. The normalized spacial score (nSPS) is 17.9. The van der Waals surface area contributed by atoms with Crippen LogP contribution in [0.3, 0.4) is 0 Å². The van der Waals surface area contributed by atoms with Crippen LogP contribution in [0, 0.1) is 5.92 Å². The lowest BCUT2D eigenvalue weighted by Crippen LogP contribution is -2.52. The number of hydrogen-bond donors (Lipinski definition) is 0. The van der Waals surface area contributed by atoms with Gasteiger partial charge in [0.2, 0.25) is 12.2 Å². The van der Waals surface area contributed by atoms with Crippen molar-refractivity contribution < 1.29 is 36.2 Å². The standard InChI is InChI=1S/C28H33N4O3.BF4/c1-21(2)12-14-31-24-10-9-22(27(34)35-18-17-30-16-15-29(3)20-30)19-25(24)32-26(33)11-13-28(31,32)23-7-5-4-6-8-23;2-1(3,4)5/h4-10,15-16,19-21H,11-14,17-18H2,1-3H3;/q+1;-1. The van der Waals surface area contributed by atoms with Gasteiger partial charge in [-0.1, -0.05) is 44.2 Å². The first-order chi connectivity index (χ1) is 18.9. The maximum Gasteiger partial charge on any atom is 0.673 e. The van der Waals surface area contributed by atoms with Crippen molar-refractivity contribution in [1.82, 2.24) is 4.57 Å². The van der Waals surface area contributed by atoms with Crippen molar-refractivity contribution in [2.45, 2.75) is 45.3 Å². The highest BCUT2D eigenvalue weighted by Crippen LogP contribution is 2.56. The van der Waals surface area contributed by atoms with Crippen LogP contribution in [-0.2, 0) is 28.8 Å². The number of aryl methyl sites for hydroxylation is 1. The van der Waals surface area contributed by atoms with Gasteiger partial charge in [-0.05, 0) is 36.1 Å². The number of benzene rings is 2. The summed E-state index contributed by atoms with van der Waals surface area (Å²) in [4.78, 5) is 30.5. The number of carbonyl (C=O) groups excluding carboxylic acids is 2. The lowest BCUT2D eigenvalue weighted by molar-refractivity contribution is -0.671. The molecule has 3 heterocycles. The van der Waals surface area contributed by atoms with Crippen LogP contribution in [0.15, 0.2) is 67.3 Å². The largest absolute Gasteiger partial charge is 0.673 e. The average Bonchev–Trinajstić information content (AvgIpc) is 3.54. The second-order valence-corrected chi connectivity index (χ2v) is 10.4. The third kappa shape index (κ3) is 6.32. The van der Waals surface area contributed by atoms with Crippen LogP contribution < -0.4 is 14.4 Å². The molecule has 2 aliphatic rings. The first-order valence-electron chi connectivity index (χ1n) is 13.3. The Labute approximate surface area is 231 Å². The summed E-state index contributed by atoms with van der Waals surface area (Å²) in [6.45, 7) is 6.14. The Morgan fingerprint density at radius 2 is 1.77 bits per heavy atom. The van der Waals surface area contributed by atoms with E-state index in [1.54, 1.807) is 0 Å². The third-order valence-corrected chi connectivity index (χ3v) is 7.07. The average molecular weight is 560 g/mol. The number of ether oxygens (including phenoxy) is 1. The minimum absolute atomic E-state index is 0.0909. The zero-order valence-electron chi connectivity index (χ0n) is 22.8. The van der Waals surface area contributed by atoms with E-state index in [9.17, 15) is 26.9 Å². The molecule has 7 nitrogen and oxygen atoms in total. The van der Waals surface area contributed by atoms with Crippen molar-refractivity contribution in [2.75, 3.05) is 23.0 Å². The molecule has 40 heavy (non-hydrogen) atoms. The summed E-state index contributed by atoms with van der Waals surface area (Å²) in [5.41, 5.74) is 2.82. The lowest BCUT2D eigenvalue weighted by Gasteiger charge is -2.41. The molecule has 1 saturated heterocycles. The summed E-state index contributed by atoms with van der Waals surface area (Å²) in [6, 6.07) is 15.9. The molecule has 0 bridgehead atoms.